The summed E-state index contributed by atoms with van der Waals surface area (Å²) in [7, 11) is 0. The van der Waals surface area contributed by atoms with Gasteiger partial charge in [-0.1, -0.05) is 18.5 Å². The van der Waals surface area contributed by atoms with Crippen LogP contribution in [0.3, 0.4) is 0 Å². The van der Waals surface area contributed by atoms with Crippen molar-refractivity contribution in [1.29, 1.82) is 0 Å². The topological polar surface area (TPSA) is 79.3 Å². The van der Waals surface area contributed by atoms with Crippen molar-refractivity contribution in [3.05, 3.63) is 45.4 Å². The number of aromatic nitrogens is 1. The van der Waals surface area contributed by atoms with Gasteiger partial charge in [-0.3, -0.25) is 9.59 Å². The molecule has 5 nitrogen and oxygen atoms in total. The van der Waals surface area contributed by atoms with Gasteiger partial charge in [0.2, 0.25) is 0 Å². The maximum absolute atomic E-state index is 12.1. The summed E-state index contributed by atoms with van der Waals surface area (Å²) in [6.45, 7) is 2.23. The molecule has 0 aliphatic rings. The number of anilines is 1. The van der Waals surface area contributed by atoms with Crippen LogP contribution in [0.5, 0.6) is 0 Å². The molecule has 1 heterocycles. The molecular formula is C15H15ClN2O3S. The Kier molecular flexibility index (Phi) is 5.51. The molecule has 0 aliphatic heterocycles. The van der Waals surface area contributed by atoms with Gasteiger partial charge in [0.05, 0.1) is 13.0 Å². The number of carbonyl (C=O) groups excluding carboxylic acids is 1. The zero-order valence-corrected chi connectivity index (χ0v) is 13.4. The third-order valence-electron chi connectivity index (χ3n) is 3.09. The second-order valence-electron chi connectivity index (χ2n) is 4.87. The van der Waals surface area contributed by atoms with Crippen LogP contribution in [0.25, 0.3) is 0 Å². The molecule has 0 amide bonds. The molecule has 0 aliphatic carbocycles. The Balaban J connectivity index is 1.94. The van der Waals surface area contributed by atoms with Crippen molar-refractivity contribution in [2.75, 3.05) is 5.32 Å². The molecule has 2 aromatic rings. The van der Waals surface area contributed by atoms with Gasteiger partial charge < -0.3 is 10.4 Å². The normalized spacial score (nSPS) is 11.9. The van der Waals surface area contributed by atoms with Crippen LogP contribution in [0.15, 0.2) is 30.5 Å². The fraction of sp³-hybridized carbons (Fsp3) is 0.267. The number of nitrogens with zero attached hydrogens (tertiary/aromatic N) is 1. The summed E-state index contributed by atoms with van der Waals surface area (Å²) < 4.78 is 0.505. The second kappa shape index (κ2) is 7.38. The van der Waals surface area contributed by atoms with Crippen molar-refractivity contribution >= 4 is 40.4 Å². The predicted octanol–water partition coefficient (Wildman–Crippen LogP) is 3.70. The highest BCUT2D eigenvalue weighted by molar-refractivity contribution is 7.15. The predicted molar refractivity (Wildman–Crippen MR) is 86.6 cm³/mol. The Hall–Kier alpha value is -1.92. The lowest BCUT2D eigenvalue weighted by Crippen LogP contribution is -2.15. The van der Waals surface area contributed by atoms with E-state index in [1.165, 1.54) is 11.3 Å². The highest BCUT2D eigenvalue weighted by Gasteiger charge is 2.18. The minimum absolute atomic E-state index is 0.162. The third-order valence-corrected chi connectivity index (χ3v) is 4.20. The lowest BCUT2D eigenvalue weighted by molar-refractivity contribution is -0.137. The number of aliphatic carboxylic acids is 1. The van der Waals surface area contributed by atoms with Gasteiger partial charge >= 0.3 is 5.97 Å². The Morgan fingerprint density at radius 2 is 2.05 bits per heavy atom. The number of Topliss-reactive ketones (excluding diaryl/α,β-unsaturated/α-hetero) is 1. The largest absolute Gasteiger partial charge is 0.481 e. The zero-order valence-electron chi connectivity index (χ0n) is 11.9. The van der Waals surface area contributed by atoms with Crippen molar-refractivity contribution in [2.24, 2.45) is 5.92 Å². The molecule has 1 unspecified atom stereocenters. The molecule has 22 heavy (non-hydrogen) atoms. The zero-order chi connectivity index (χ0) is 16.1. The summed E-state index contributed by atoms with van der Waals surface area (Å²) in [5, 5.41) is 11.9. The lowest BCUT2D eigenvalue weighted by Gasteiger charge is -2.09. The first kappa shape index (κ1) is 16.5. The maximum Gasteiger partial charge on any atom is 0.304 e. The molecule has 1 aromatic carbocycles. The number of ketones is 1. The quantitative estimate of drug-likeness (QED) is 0.752. The average molecular weight is 339 g/mol. The number of carboxylic acid groups (broad SMARTS) is 1. The Morgan fingerprint density at radius 3 is 2.59 bits per heavy atom. The number of benzene rings is 1. The molecule has 7 heteroatoms. The van der Waals surface area contributed by atoms with Gasteiger partial charge in [-0.05, 0) is 24.3 Å². The Morgan fingerprint density at radius 1 is 1.36 bits per heavy atom. The standard InChI is InChI=1S/C15H15ClN2O3S/c1-9(6-13(19)20)14(21)10-2-4-11(5-3-10)17-7-12-8-18-15(16)22-12/h2-5,8-9,17H,6-7H2,1H3,(H,19,20). The van der Waals surface area contributed by atoms with E-state index in [9.17, 15) is 9.59 Å². The number of halogens is 1. The van der Waals surface area contributed by atoms with Gasteiger partial charge in [-0.2, -0.15) is 0 Å². The van der Waals surface area contributed by atoms with Crippen LogP contribution in [0.1, 0.15) is 28.6 Å². The summed E-state index contributed by atoms with van der Waals surface area (Å²) in [4.78, 5) is 27.7. The molecule has 0 saturated heterocycles. The van der Waals surface area contributed by atoms with Gasteiger partial charge in [0, 0.05) is 28.2 Å². The summed E-state index contributed by atoms with van der Waals surface area (Å²) >= 11 is 7.17. The van der Waals surface area contributed by atoms with Gasteiger partial charge in [-0.15, -0.1) is 11.3 Å². The first-order chi connectivity index (χ1) is 10.5. The SMILES string of the molecule is CC(CC(=O)O)C(=O)c1ccc(NCc2cnc(Cl)s2)cc1. The molecule has 0 spiro atoms. The molecule has 2 rings (SSSR count). The van der Waals surface area contributed by atoms with Crippen LogP contribution in [0, 0.1) is 5.92 Å². The van der Waals surface area contributed by atoms with Crippen molar-refractivity contribution in [3.63, 3.8) is 0 Å². The summed E-state index contributed by atoms with van der Waals surface area (Å²) in [6.07, 6.45) is 1.55. The highest BCUT2D eigenvalue weighted by atomic mass is 35.5. The number of hydrogen-bond acceptors (Lipinski definition) is 5. The second-order valence-corrected chi connectivity index (χ2v) is 6.57. The van der Waals surface area contributed by atoms with Crippen LogP contribution >= 0.6 is 22.9 Å². The molecule has 1 aromatic heterocycles. The number of carboxylic acids is 1. The van der Waals surface area contributed by atoms with Crippen LogP contribution in [0.2, 0.25) is 4.47 Å². The average Bonchev–Trinajstić information content (AvgIpc) is 2.90. The molecular weight excluding hydrogens is 324 g/mol. The van der Waals surface area contributed by atoms with Crippen LogP contribution in [-0.4, -0.2) is 21.8 Å². The number of thiazole rings is 1. The fourth-order valence-corrected chi connectivity index (χ4v) is 2.86. The van der Waals surface area contributed by atoms with E-state index in [0.29, 0.717) is 16.6 Å². The van der Waals surface area contributed by atoms with Gasteiger partial charge in [0.15, 0.2) is 10.3 Å². The highest BCUT2D eigenvalue weighted by Crippen LogP contribution is 2.20. The van der Waals surface area contributed by atoms with Gasteiger partial charge in [0.1, 0.15) is 0 Å². The Bertz CT molecular complexity index is 670. The third kappa shape index (κ3) is 4.54. The first-order valence-electron chi connectivity index (χ1n) is 6.66. The van der Waals surface area contributed by atoms with E-state index in [1.807, 2.05) is 0 Å². The van der Waals surface area contributed by atoms with Crippen LogP contribution in [-0.2, 0) is 11.3 Å². The molecule has 2 N–H and O–H groups in total. The minimum Gasteiger partial charge on any atom is -0.481 e. The molecule has 0 bridgehead atoms. The maximum atomic E-state index is 12.1. The number of hydrogen-bond donors (Lipinski definition) is 2. The molecule has 0 radical (unpaired) electrons. The molecule has 1 atom stereocenters. The van der Waals surface area contributed by atoms with E-state index in [0.717, 1.165) is 10.6 Å². The molecule has 116 valence electrons. The lowest BCUT2D eigenvalue weighted by atomic mass is 9.96. The van der Waals surface area contributed by atoms with Crippen LogP contribution in [0.4, 0.5) is 5.69 Å². The van der Waals surface area contributed by atoms with E-state index in [4.69, 9.17) is 16.7 Å². The molecule has 0 fully saturated rings. The fourth-order valence-electron chi connectivity index (χ4n) is 1.95. The van der Waals surface area contributed by atoms with E-state index >= 15 is 0 Å². The van der Waals surface area contributed by atoms with Crippen molar-refractivity contribution in [1.82, 2.24) is 4.98 Å². The number of rotatable bonds is 7. The number of carbonyl (C=O) groups is 2. The molecule has 0 saturated carbocycles. The van der Waals surface area contributed by atoms with Crippen molar-refractivity contribution in [2.45, 2.75) is 19.9 Å². The van der Waals surface area contributed by atoms with E-state index in [-0.39, 0.29) is 12.2 Å². The first-order valence-corrected chi connectivity index (χ1v) is 7.85. The summed E-state index contributed by atoms with van der Waals surface area (Å²) in [5.74, 6) is -1.67. The van der Waals surface area contributed by atoms with Crippen LogP contribution < -0.4 is 5.32 Å². The van der Waals surface area contributed by atoms with E-state index in [2.05, 4.69) is 10.3 Å². The Labute approximate surface area is 137 Å². The van der Waals surface area contributed by atoms with Crippen molar-refractivity contribution < 1.29 is 14.7 Å². The summed E-state index contributed by atoms with van der Waals surface area (Å²) in [5.41, 5.74) is 1.38. The van der Waals surface area contributed by atoms with E-state index < -0.39 is 11.9 Å². The minimum atomic E-state index is -0.970. The van der Waals surface area contributed by atoms with E-state index in [1.54, 1.807) is 37.4 Å². The number of nitrogens with one attached hydrogen (secondary N) is 1. The van der Waals surface area contributed by atoms with Gasteiger partial charge in [-0.25, -0.2) is 4.98 Å². The monoisotopic (exact) mass is 338 g/mol. The smallest absolute Gasteiger partial charge is 0.304 e. The van der Waals surface area contributed by atoms with Gasteiger partial charge in [0.25, 0.3) is 0 Å². The van der Waals surface area contributed by atoms with Crippen molar-refractivity contribution in [3.8, 4) is 0 Å². The summed E-state index contributed by atoms with van der Waals surface area (Å²) in [6, 6.07) is 6.98.